The SMILES string of the molecule is CC1CN(c2cc(F)ccc2NC(=O)c2ccc(NS(=O)(=O)C(C)C)cc2)CC(C)O1. The number of rotatable bonds is 6. The highest BCUT2D eigenvalue weighted by atomic mass is 32.2. The molecule has 0 aliphatic carbocycles. The summed E-state index contributed by atoms with van der Waals surface area (Å²) in [5.41, 5.74) is 1.82. The minimum Gasteiger partial charge on any atom is -0.372 e. The van der Waals surface area contributed by atoms with Crippen molar-refractivity contribution in [2.75, 3.05) is 28.0 Å². The molecule has 2 unspecified atom stereocenters. The number of nitrogens with one attached hydrogen (secondary N) is 2. The Hall–Kier alpha value is -2.65. The zero-order valence-corrected chi connectivity index (χ0v) is 18.9. The Morgan fingerprint density at radius 3 is 2.29 bits per heavy atom. The van der Waals surface area contributed by atoms with Crippen molar-refractivity contribution < 1.29 is 22.3 Å². The lowest BCUT2D eigenvalue weighted by atomic mass is 10.1. The Morgan fingerprint density at radius 2 is 1.71 bits per heavy atom. The van der Waals surface area contributed by atoms with E-state index in [-0.39, 0.29) is 23.9 Å². The Morgan fingerprint density at radius 1 is 1.10 bits per heavy atom. The monoisotopic (exact) mass is 449 g/mol. The molecule has 0 radical (unpaired) electrons. The number of amides is 1. The van der Waals surface area contributed by atoms with E-state index >= 15 is 0 Å². The minimum absolute atomic E-state index is 0.0160. The number of sulfonamides is 1. The minimum atomic E-state index is -3.47. The van der Waals surface area contributed by atoms with Gasteiger partial charge in [0.15, 0.2) is 0 Å². The van der Waals surface area contributed by atoms with E-state index in [4.69, 9.17) is 4.74 Å². The Bertz CT molecular complexity index is 1030. The predicted octanol–water partition coefficient (Wildman–Crippen LogP) is 3.84. The second kappa shape index (κ2) is 9.23. The number of ether oxygens (including phenoxy) is 1. The predicted molar refractivity (Wildman–Crippen MR) is 121 cm³/mol. The Labute approximate surface area is 182 Å². The molecule has 1 aliphatic rings. The third-order valence-electron chi connectivity index (χ3n) is 5.00. The summed E-state index contributed by atoms with van der Waals surface area (Å²) < 4.78 is 46.2. The van der Waals surface area contributed by atoms with Gasteiger partial charge in [-0.15, -0.1) is 0 Å². The fourth-order valence-corrected chi connectivity index (χ4v) is 4.11. The van der Waals surface area contributed by atoms with Crippen molar-refractivity contribution in [2.45, 2.75) is 45.2 Å². The van der Waals surface area contributed by atoms with Gasteiger partial charge in [-0.2, -0.15) is 0 Å². The van der Waals surface area contributed by atoms with E-state index in [9.17, 15) is 17.6 Å². The number of carbonyl (C=O) groups is 1. The molecule has 2 atom stereocenters. The van der Waals surface area contributed by atoms with Crippen molar-refractivity contribution in [3.05, 3.63) is 53.8 Å². The quantitative estimate of drug-likeness (QED) is 0.700. The molecular weight excluding hydrogens is 421 g/mol. The van der Waals surface area contributed by atoms with Crippen molar-refractivity contribution in [2.24, 2.45) is 0 Å². The van der Waals surface area contributed by atoms with Gasteiger partial charge in [0.05, 0.1) is 28.8 Å². The molecule has 1 aliphatic heterocycles. The van der Waals surface area contributed by atoms with Crippen LogP contribution in [0.4, 0.5) is 21.5 Å². The van der Waals surface area contributed by atoms with E-state index < -0.39 is 15.3 Å². The number of hydrogen-bond donors (Lipinski definition) is 2. The Balaban J connectivity index is 1.78. The fourth-order valence-electron chi connectivity index (χ4n) is 3.41. The van der Waals surface area contributed by atoms with Crippen molar-refractivity contribution in [1.29, 1.82) is 0 Å². The van der Waals surface area contributed by atoms with E-state index in [1.165, 1.54) is 36.4 Å². The molecule has 168 valence electrons. The van der Waals surface area contributed by atoms with Gasteiger partial charge in [0, 0.05) is 24.3 Å². The van der Waals surface area contributed by atoms with Crippen molar-refractivity contribution in [3.63, 3.8) is 0 Å². The normalized spacial score (nSPS) is 19.4. The van der Waals surface area contributed by atoms with Crippen molar-refractivity contribution >= 4 is 33.0 Å². The molecule has 1 fully saturated rings. The average Bonchev–Trinajstić information content (AvgIpc) is 2.68. The number of carbonyl (C=O) groups excluding carboxylic acids is 1. The van der Waals surface area contributed by atoms with Gasteiger partial charge >= 0.3 is 0 Å². The largest absolute Gasteiger partial charge is 0.372 e. The number of hydrogen-bond acceptors (Lipinski definition) is 5. The molecule has 2 N–H and O–H groups in total. The second-order valence-corrected chi connectivity index (χ2v) is 10.3. The van der Waals surface area contributed by atoms with Crippen LogP contribution in [0.25, 0.3) is 0 Å². The molecule has 0 spiro atoms. The van der Waals surface area contributed by atoms with E-state index in [1.54, 1.807) is 19.9 Å². The van der Waals surface area contributed by atoms with E-state index in [0.717, 1.165) is 0 Å². The summed E-state index contributed by atoms with van der Waals surface area (Å²) in [4.78, 5) is 14.8. The zero-order valence-electron chi connectivity index (χ0n) is 18.1. The van der Waals surface area contributed by atoms with E-state index in [2.05, 4.69) is 10.0 Å². The van der Waals surface area contributed by atoms with Gasteiger partial charge < -0.3 is 15.0 Å². The summed E-state index contributed by atoms with van der Waals surface area (Å²) in [5, 5.41) is 2.27. The summed E-state index contributed by atoms with van der Waals surface area (Å²) in [5.74, 6) is -0.762. The number of benzene rings is 2. The molecule has 3 rings (SSSR count). The van der Waals surface area contributed by atoms with Gasteiger partial charge in [-0.3, -0.25) is 9.52 Å². The summed E-state index contributed by atoms with van der Waals surface area (Å²) in [7, 11) is -3.47. The molecule has 0 saturated carbocycles. The van der Waals surface area contributed by atoms with Crippen LogP contribution in [0, 0.1) is 5.82 Å². The first kappa shape index (κ1) is 23.0. The second-order valence-electron chi connectivity index (χ2n) is 8.05. The maximum absolute atomic E-state index is 14.0. The number of anilines is 3. The molecule has 2 aromatic rings. The maximum atomic E-state index is 14.0. The van der Waals surface area contributed by atoms with Crippen LogP contribution in [0.5, 0.6) is 0 Å². The Kier molecular flexibility index (Phi) is 6.86. The average molecular weight is 450 g/mol. The maximum Gasteiger partial charge on any atom is 0.255 e. The molecular formula is C22H28FN3O4S. The van der Waals surface area contributed by atoms with Crippen molar-refractivity contribution in [3.8, 4) is 0 Å². The number of halogens is 1. The van der Waals surface area contributed by atoms with Crippen LogP contribution in [-0.4, -0.2) is 44.9 Å². The molecule has 0 bridgehead atoms. The molecule has 1 amide bonds. The first-order chi connectivity index (χ1) is 14.5. The molecule has 1 saturated heterocycles. The van der Waals surface area contributed by atoms with Crippen LogP contribution < -0.4 is 14.9 Å². The summed E-state index contributed by atoms with van der Waals surface area (Å²) in [6.45, 7) is 8.24. The van der Waals surface area contributed by atoms with Gasteiger partial charge in [-0.1, -0.05) is 0 Å². The topological polar surface area (TPSA) is 87.7 Å². The van der Waals surface area contributed by atoms with Gasteiger partial charge in [-0.05, 0) is 70.2 Å². The standard InChI is InChI=1S/C22H28FN3O4S/c1-14(2)31(28,29)25-19-8-5-17(6-9-19)22(27)24-20-10-7-18(23)11-21(20)26-12-15(3)30-16(4)13-26/h5-11,14-16,25H,12-13H2,1-4H3,(H,24,27). The van der Waals surface area contributed by atoms with Crippen molar-refractivity contribution in [1.82, 2.24) is 0 Å². The van der Waals surface area contributed by atoms with Crippen LogP contribution in [0.3, 0.4) is 0 Å². The van der Waals surface area contributed by atoms with Gasteiger partial charge in [0.25, 0.3) is 5.91 Å². The van der Waals surface area contributed by atoms with Gasteiger partial charge in [0.2, 0.25) is 10.0 Å². The molecule has 1 heterocycles. The number of nitrogens with zero attached hydrogens (tertiary/aromatic N) is 1. The van der Waals surface area contributed by atoms with E-state index in [0.29, 0.717) is 35.7 Å². The number of morpholine rings is 1. The van der Waals surface area contributed by atoms with Crippen LogP contribution >= 0.6 is 0 Å². The van der Waals surface area contributed by atoms with Crippen LogP contribution in [0.15, 0.2) is 42.5 Å². The van der Waals surface area contributed by atoms with E-state index in [1.807, 2.05) is 18.7 Å². The fraction of sp³-hybridized carbons (Fsp3) is 0.409. The lowest BCUT2D eigenvalue weighted by molar-refractivity contribution is -0.00519. The third-order valence-corrected chi connectivity index (χ3v) is 6.76. The molecule has 0 aromatic heterocycles. The molecule has 31 heavy (non-hydrogen) atoms. The third kappa shape index (κ3) is 5.74. The lowest BCUT2D eigenvalue weighted by Crippen LogP contribution is -2.45. The molecule has 7 nitrogen and oxygen atoms in total. The smallest absolute Gasteiger partial charge is 0.255 e. The molecule has 9 heteroatoms. The molecule has 2 aromatic carbocycles. The van der Waals surface area contributed by atoms with Gasteiger partial charge in [0.1, 0.15) is 5.82 Å². The van der Waals surface area contributed by atoms with Gasteiger partial charge in [-0.25, -0.2) is 12.8 Å². The lowest BCUT2D eigenvalue weighted by Gasteiger charge is -2.37. The van der Waals surface area contributed by atoms with Crippen LogP contribution in [0.1, 0.15) is 38.1 Å². The zero-order chi connectivity index (χ0) is 22.8. The summed E-state index contributed by atoms with van der Waals surface area (Å²) >= 11 is 0. The summed E-state index contributed by atoms with van der Waals surface area (Å²) in [6.07, 6.45) is -0.0320. The van der Waals surface area contributed by atoms with Crippen LogP contribution in [-0.2, 0) is 14.8 Å². The first-order valence-corrected chi connectivity index (χ1v) is 11.7. The van der Waals surface area contributed by atoms with Crippen LogP contribution in [0.2, 0.25) is 0 Å². The first-order valence-electron chi connectivity index (χ1n) is 10.2. The highest BCUT2D eigenvalue weighted by Crippen LogP contribution is 2.30. The summed E-state index contributed by atoms with van der Waals surface area (Å²) in [6, 6.07) is 10.4. The highest BCUT2D eigenvalue weighted by molar-refractivity contribution is 7.93. The highest BCUT2D eigenvalue weighted by Gasteiger charge is 2.25.